The number of aliphatic carboxylic acids is 1. The Bertz CT molecular complexity index is 1410. The maximum Gasteiger partial charge on any atom is 0.336 e. The molecule has 0 amide bonds. The van der Waals surface area contributed by atoms with E-state index in [9.17, 15) is 19.1 Å². The van der Waals surface area contributed by atoms with Gasteiger partial charge in [0.1, 0.15) is 16.8 Å². The van der Waals surface area contributed by atoms with Gasteiger partial charge in [0.25, 0.3) is 0 Å². The summed E-state index contributed by atoms with van der Waals surface area (Å²) in [5.41, 5.74) is 1.97. The lowest BCUT2D eigenvalue weighted by Gasteiger charge is -2.14. The Hall–Kier alpha value is -4.11. The van der Waals surface area contributed by atoms with Crippen molar-refractivity contribution in [2.24, 2.45) is 0 Å². The van der Waals surface area contributed by atoms with E-state index in [4.69, 9.17) is 9.47 Å². The topological polar surface area (TPSA) is 98.6 Å². The summed E-state index contributed by atoms with van der Waals surface area (Å²) in [6, 6.07) is 15.4. The highest BCUT2D eigenvalue weighted by Crippen LogP contribution is 2.29. The Balaban J connectivity index is 1.89. The molecule has 0 spiro atoms. The zero-order chi connectivity index (χ0) is 24.2. The van der Waals surface area contributed by atoms with Crippen LogP contribution < -0.4 is 9.47 Å². The second-order valence-corrected chi connectivity index (χ2v) is 7.86. The number of carboxylic acids is 1. The summed E-state index contributed by atoms with van der Waals surface area (Å²) >= 11 is 1.01. The number of hydrogen-bond donors (Lipinski definition) is 1. The van der Waals surface area contributed by atoms with E-state index in [1.54, 1.807) is 48.5 Å². The zero-order valence-electron chi connectivity index (χ0n) is 18.2. The second kappa shape index (κ2) is 9.80. The second-order valence-electron chi connectivity index (χ2n) is 7.33. The number of methoxy groups -OCH3 is 2. The quantitative estimate of drug-likeness (QED) is 0.287. The van der Waals surface area contributed by atoms with Crippen LogP contribution in [0.1, 0.15) is 21.5 Å². The van der Waals surface area contributed by atoms with Crippen molar-refractivity contribution in [1.29, 1.82) is 0 Å². The van der Waals surface area contributed by atoms with Gasteiger partial charge in [0.2, 0.25) is 0 Å². The third-order valence-corrected chi connectivity index (χ3v) is 5.84. The van der Waals surface area contributed by atoms with Crippen molar-refractivity contribution in [2.75, 3.05) is 14.2 Å². The molecule has 0 radical (unpaired) electrons. The average Bonchev–Trinajstić information content (AvgIpc) is 3.31. The minimum absolute atomic E-state index is 0.00442. The number of carbonyl (C=O) groups is 2. The number of hydrogen-bond acceptors (Lipinski definition) is 7. The van der Waals surface area contributed by atoms with Gasteiger partial charge in [-0.2, -0.15) is 8.75 Å². The summed E-state index contributed by atoms with van der Waals surface area (Å²) in [5, 5.41) is 10.2. The maximum absolute atomic E-state index is 14.4. The number of nitrogens with zero attached hydrogens (tertiary/aromatic N) is 2. The lowest BCUT2D eigenvalue weighted by atomic mass is 9.89. The highest BCUT2D eigenvalue weighted by Gasteiger charge is 2.25. The van der Waals surface area contributed by atoms with E-state index in [1.165, 1.54) is 26.4 Å². The van der Waals surface area contributed by atoms with Crippen LogP contribution in [0.5, 0.6) is 11.5 Å². The van der Waals surface area contributed by atoms with E-state index in [-0.39, 0.29) is 28.9 Å². The molecule has 1 heterocycles. The van der Waals surface area contributed by atoms with Gasteiger partial charge < -0.3 is 14.6 Å². The van der Waals surface area contributed by atoms with Crippen LogP contribution in [0.3, 0.4) is 0 Å². The van der Waals surface area contributed by atoms with Crippen molar-refractivity contribution in [2.45, 2.75) is 6.42 Å². The van der Waals surface area contributed by atoms with Gasteiger partial charge in [0, 0.05) is 17.6 Å². The molecule has 34 heavy (non-hydrogen) atoms. The van der Waals surface area contributed by atoms with E-state index in [0.717, 1.165) is 11.7 Å². The number of benzene rings is 3. The van der Waals surface area contributed by atoms with Crippen LogP contribution in [0, 0.1) is 5.82 Å². The van der Waals surface area contributed by atoms with Crippen molar-refractivity contribution in [3.63, 3.8) is 0 Å². The number of fused-ring (bicyclic) bond motifs is 1. The van der Waals surface area contributed by atoms with E-state index < -0.39 is 17.6 Å². The van der Waals surface area contributed by atoms with E-state index >= 15 is 0 Å². The summed E-state index contributed by atoms with van der Waals surface area (Å²) in [6.07, 6.45) is -0.110. The summed E-state index contributed by atoms with van der Waals surface area (Å²) in [6.45, 7) is 0. The number of carbonyl (C=O) groups excluding carboxylic acids is 1. The van der Waals surface area contributed by atoms with Gasteiger partial charge in [-0.1, -0.05) is 12.1 Å². The van der Waals surface area contributed by atoms with Crippen molar-refractivity contribution in [1.82, 2.24) is 8.75 Å². The molecule has 9 heteroatoms. The first kappa shape index (κ1) is 23.1. The van der Waals surface area contributed by atoms with Crippen LogP contribution in [0.2, 0.25) is 0 Å². The van der Waals surface area contributed by atoms with E-state index in [1.807, 2.05) is 0 Å². The number of halogens is 1. The van der Waals surface area contributed by atoms with Gasteiger partial charge in [0.15, 0.2) is 17.3 Å². The van der Waals surface area contributed by atoms with Crippen LogP contribution in [0.4, 0.5) is 4.39 Å². The first-order valence-electron chi connectivity index (χ1n) is 10.1. The lowest BCUT2D eigenvalue weighted by Crippen LogP contribution is -2.14. The van der Waals surface area contributed by atoms with E-state index in [0.29, 0.717) is 27.9 Å². The van der Waals surface area contributed by atoms with Gasteiger partial charge in [-0.25, -0.2) is 9.18 Å². The number of allylic oxidation sites excluding steroid dienone is 1. The summed E-state index contributed by atoms with van der Waals surface area (Å²) in [5.74, 6) is -1.78. The molecule has 0 saturated carbocycles. The highest BCUT2D eigenvalue weighted by atomic mass is 32.1. The van der Waals surface area contributed by atoms with Crippen LogP contribution in [-0.2, 0) is 11.2 Å². The Morgan fingerprint density at radius 1 is 0.912 bits per heavy atom. The summed E-state index contributed by atoms with van der Waals surface area (Å²) in [7, 11) is 2.86. The lowest BCUT2D eigenvalue weighted by molar-refractivity contribution is -0.130. The standard InChI is InChI=1S/C25H19FN2O5S/c1-32-17-7-4-15(5-8-17)24(29)18(11-14-3-10-22(33-2)19(26)12-14)23(25(30)31)16-6-9-20-21(13-16)28-34-27-20/h3-10,12-13H,11H2,1-2H3,(H,30,31)/b23-18-. The number of ether oxygens (including phenoxy) is 2. The van der Waals surface area contributed by atoms with Gasteiger partial charge >= 0.3 is 5.97 Å². The molecule has 0 fully saturated rings. The SMILES string of the molecule is COc1ccc(C(=O)/C(Cc2ccc(OC)c(F)c2)=C(\C(=O)O)c2ccc3nsnc3c2)cc1. The number of Topliss-reactive ketones (excluding diaryl/α,β-unsaturated/α-hetero) is 1. The fourth-order valence-corrected chi connectivity index (χ4v) is 4.10. The molecule has 1 aromatic heterocycles. The first-order valence-corrected chi connectivity index (χ1v) is 10.8. The molecule has 0 atom stereocenters. The zero-order valence-corrected chi connectivity index (χ0v) is 19.1. The van der Waals surface area contributed by atoms with Gasteiger partial charge in [0.05, 0.1) is 31.5 Å². The Morgan fingerprint density at radius 3 is 2.26 bits per heavy atom. The van der Waals surface area contributed by atoms with Crippen molar-refractivity contribution in [3.8, 4) is 11.5 Å². The van der Waals surface area contributed by atoms with Crippen LogP contribution in [0.15, 0.2) is 66.2 Å². The smallest absolute Gasteiger partial charge is 0.336 e. The predicted molar refractivity (Wildman–Crippen MR) is 126 cm³/mol. The molecule has 4 rings (SSSR count). The van der Waals surface area contributed by atoms with Crippen LogP contribution >= 0.6 is 11.7 Å². The highest BCUT2D eigenvalue weighted by molar-refractivity contribution is 7.00. The predicted octanol–water partition coefficient (Wildman–Crippen LogP) is 4.81. The molecular formula is C25H19FN2O5S. The number of aromatic nitrogens is 2. The van der Waals surface area contributed by atoms with Gasteiger partial charge in [-0.15, -0.1) is 0 Å². The molecule has 0 unspecified atom stereocenters. The molecule has 0 saturated heterocycles. The number of rotatable bonds is 8. The molecule has 0 aliphatic carbocycles. The third kappa shape index (κ3) is 4.65. The van der Waals surface area contributed by atoms with Gasteiger partial charge in [-0.05, 0) is 59.7 Å². The number of ketones is 1. The third-order valence-electron chi connectivity index (χ3n) is 5.28. The van der Waals surface area contributed by atoms with Crippen LogP contribution in [0.25, 0.3) is 16.6 Å². The van der Waals surface area contributed by atoms with Crippen LogP contribution in [-0.4, -0.2) is 39.8 Å². The Morgan fingerprint density at radius 2 is 1.62 bits per heavy atom. The molecule has 0 aliphatic rings. The largest absolute Gasteiger partial charge is 0.497 e. The molecule has 172 valence electrons. The van der Waals surface area contributed by atoms with Crippen molar-refractivity contribution >= 4 is 40.1 Å². The van der Waals surface area contributed by atoms with E-state index in [2.05, 4.69) is 8.75 Å². The summed E-state index contributed by atoms with van der Waals surface area (Å²) in [4.78, 5) is 26.0. The Kier molecular flexibility index (Phi) is 6.65. The van der Waals surface area contributed by atoms with Crippen molar-refractivity contribution in [3.05, 3.63) is 88.7 Å². The monoisotopic (exact) mass is 478 g/mol. The first-order chi connectivity index (χ1) is 16.4. The number of carboxylic acid groups (broad SMARTS) is 1. The van der Waals surface area contributed by atoms with Crippen molar-refractivity contribution < 1.29 is 28.6 Å². The molecule has 0 aliphatic heterocycles. The molecule has 1 N–H and O–H groups in total. The molecule has 4 aromatic rings. The minimum Gasteiger partial charge on any atom is -0.497 e. The molecule has 7 nitrogen and oxygen atoms in total. The molecule has 3 aromatic carbocycles. The maximum atomic E-state index is 14.4. The Labute approximate surface area is 198 Å². The minimum atomic E-state index is -1.28. The normalized spacial score (nSPS) is 11.7. The van der Waals surface area contributed by atoms with Gasteiger partial charge in [-0.3, -0.25) is 4.79 Å². The fourth-order valence-electron chi connectivity index (χ4n) is 3.59. The summed E-state index contributed by atoms with van der Waals surface area (Å²) < 4.78 is 32.8. The molecule has 0 bridgehead atoms. The average molecular weight is 479 g/mol. The molecular weight excluding hydrogens is 459 g/mol. The fraction of sp³-hybridized carbons (Fsp3) is 0.120.